The molecule has 5 heteroatoms. The van der Waals surface area contributed by atoms with Crippen LogP contribution in [0.5, 0.6) is 0 Å². The molecule has 0 atom stereocenters. The van der Waals surface area contributed by atoms with Crippen LogP contribution >= 0.6 is 12.2 Å². The van der Waals surface area contributed by atoms with Gasteiger partial charge in [0.1, 0.15) is 0 Å². The van der Waals surface area contributed by atoms with Gasteiger partial charge in [0.05, 0.1) is 10.4 Å². The first-order chi connectivity index (χ1) is 9.01. The third-order valence-corrected chi connectivity index (χ3v) is 4.78. The molecule has 0 aromatic rings. The van der Waals surface area contributed by atoms with E-state index in [1.165, 1.54) is 0 Å². The molecule has 0 spiro atoms. The minimum atomic E-state index is -0.649. The fourth-order valence-electron chi connectivity index (χ4n) is 2.85. The highest BCUT2D eigenvalue weighted by Crippen LogP contribution is 2.31. The summed E-state index contributed by atoms with van der Waals surface area (Å²) in [7, 11) is 1.73. The highest BCUT2D eigenvalue weighted by Gasteiger charge is 2.41. The number of likely N-dealkylation sites (tertiary alicyclic amines) is 1. The van der Waals surface area contributed by atoms with Gasteiger partial charge in [-0.25, -0.2) is 0 Å². The van der Waals surface area contributed by atoms with E-state index in [0.717, 1.165) is 32.5 Å². The smallest absolute Gasteiger partial charge is 0.235 e. The molecule has 2 N–H and O–H groups in total. The van der Waals surface area contributed by atoms with E-state index >= 15 is 0 Å². The Morgan fingerprint density at radius 1 is 1.37 bits per heavy atom. The number of nitrogens with two attached hydrogens (primary N) is 1. The highest BCUT2D eigenvalue weighted by atomic mass is 32.1. The van der Waals surface area contributed by atoms with E-state index in [-0.39, 0.29) is 5.91 Å². The Kier molecular flexibility index (Phi) is 6.20. The van der Waals surface area contributed by atoms with Crippen molar-refractivity contribution in [1.29, 1.82) is 0 Å². The van der Waals surface area contributed by atoms with Crippen molar-refractivity contribution < 1.29 is 9.53 Å². The molecular weight excluding hydrogens is 260 g/mol. The van der Waals surface area contributed by atoms with Gasteiger partial charge in [-0.2, -0.15) is 0 Å². The number of amides is 1. The van der Waals surface area contributed by atoms with Crippen molar-refractivity contribution in [2.24, 2.45) is 17.1 Å². The molecule has 0 saturated carbocycles. The van der Waals surface area contributed by atoms with E-state index in [9.17, 15) is 4.79 Å². The Balaban J connectivity index is 2.70. The molecular formula is C14H26N2O2S. The Bertz CT molecular complexity index is 321. The largest absolute Gasteiger partial charge is 0.392 e. The Morgan fingerprint density at radius 3 is 2.26 bits per heavy atom. The normalized spacial score (nSPS) is 17.5. The van der Waals surface area contributed by atoms with E-state index in [1.807, 2.05) is 18.7 Å². The number of piperidine rings is 1. The fraction of sp³-hybridized carbons (Fsp3) is 0.857. The minimum Gasteiger partial charge on any atom is -0.392 e. The van der Waals surface area contributed by atoms with Gasteiger partial charge in [-0.1, -0.05) is 26.1 Å². The lowest BCUT2D eigenvalue weighted by molar-refractivity contribution is -0.140. The van der Waals surface area contributed by atoms with Crippen molar-refractivity contribution in [2.45, 2.75) is 39.5 Å². The molecule has 1 amide bonds. The number of carbonyl (C=O) groups is 1. The molecule has 0 radical (unpaired) electrons. The number of thiocarbonyl (C=S) groups is 1. The van der Waals surface area contributed by atoms with Crippen LogP contribution in [0, 0.1) is 11.3 Å². The summed E-state index contributed by atoms with van der Waals surface area (Å²) in [6.45, 7) is 6.33. The monoisotopic (exact) mass is 286 g/mol. The molecule has 1 heterocycles. The van der Waals surface area contributed by atoms with Crippen LogP contribution in [0.1, 0.15) is 39.5 Å². The number of rotatable bonds is 6. The number of carbonyl (C=O) groups excluding carboxylic acids is 1. The molecule has 1 aliphatic rings. The molecule has 1 fully saturated rings. The maximum atomic E-state index is 12.7. The number of methoxy groups -OCH3 is 1. The summed E-state index contributed by atoms with van der Waals surface area (Å²) in [6.07, 6.45) is 3.35. The second-order valence-electron chi connectivity index (χ2n) is 5.34. The van der Waals surface area contributed by atoms with Gasteiger partial charge in [-0.05, 0) is 31.6 Å². The Morgan fingerprint density at radius 2 is 1.89 bits per heavy atom. The van der Waals surface area contributed by atoms with Gasteiger partial charge >= 0.3 is 0 Å². The number of hydrogen-bond donors (Lipinski definition) is 1. The first kappa shape index (κ1) is 16.4. The maximum absolute atomic E-state index is 12.7. The van der Waals surface area contributed by atoms with Gasteiger partial charge in [0.15, 0.2) is 0 Å². The van der Waals surface area contributed by atoms with Crippen LogP contribution in [-0.2, 0) is 9.53 Å². The van der Waals surface area contributed by atoms with Crippen molar-refractivity contribution in [2.75, 3.05) is 26.8 Å². The third kappa shape index (κ3) is 3.45. The fourth-order valence-corrected chi connectivity index (χ4v) is 3.22. The third-order valence-electron chi connectivity index (χ3n) is 4.39. The van der Waals surface area contributed by atoms with Crippen LogP contribution in [0.3, 0.4) is 0 Å². The zero-order chi connectivity index (χ0) is 14.5. The van der Waals surface area contributed by atoms with Crippen molar-refractivity contribution in [3.05, 3.63) is 0 Å². The van der Waals surface area contributed by atoms with Crippen LogP contribution in [0.2, 0.25) is 0 Å². The SMILES string of the molecule is CCC(CC)(C(=O)N1CCC(COC)CC1)C(N)=S. The summed E-state index contributed by atoms with van der Waals surface area (Å²) in [5.74, 6) is 0.678. The van der Waals surface area contributed by atoms with E-state index in [0.29, 0.717) is 23.7 Å². The predicted molar refractivity (Wildman–Crippen MR) is 81.0 cm³/mol. The molecule has 0 aromatic carbocycles. The highest BCUT2D eigenvalue weighted by molar-refractivity contribution is 7.80. The predicted octanol–water partition coefficient (Wildman–Crippen LogP) is 1.96. The van der Waals surface area contributed by atoms with Gasteiger partial charge < -0.3 is 15.4 Å². The van der Waals surface area contributed by atoms with Gasteiger partial charge in [0.2, 0.25) is 5.91 Å². The van der Waals surface area contributed by atoms with E-state index in [1.54, 1.807) is 7.11 Å². The van der Waals surface area contributed by atoms with Gasteiger partial charge in [0.25, 0.3) is 0 Å². The lowest BCUT2D eigenvalue weighted by atomic mass is 9.80. The van der Waals surface area contributed by atoms with E-state index in [4.69, 9.17) is 22.7 Å². The number of nitrogens with zero attached hydrogens (tertiary/aromatic N) is 1. The summed E-state index contributed by atoms with van der Waals surface area (Å²) in [5.41, 5.74) is 5.19. The molecule has 110 valence electrons. The Hall–Kier alpha value is -0.680. The summed E-state index contributed by atoms with van der Waals surface area (Å²) in [5, 5.41) is 0. The van der Waals surface area contributed by atoms with Crippen LogP contribution in [0.15, 0.2) is 0 Å². The lowest BCUT2D eigenvalue weighted by Crippen LogP contribution is -2.52. The summed E-state index contributed by atoms with van der Waals surface area (Å²) in [4.78, 5) is 15.0. The molecule has 0 unspecified atom stereocenters. The second kappa shape index (κ2) is 7.20. The van der Waals surface area contributed by atoms with Gasteiger partial charge in [0, 0.05) is 26.8 Å². The summed E-state index contributed by atoms with van der Waals surface area (Å²) < 4.78 is 5.18. The molecule has 1 aliphatic heterocycles. The molecule has 4 nitrogen and oxygen atoms in total. The second-order valence-corrected chi connectivity index (χ2v) is 5.78. The average molecular weight is 286 g/mol. The molecule has 19 heavy (non-hydrogen) atoms. The maximum Gasteiger partial charge on any atom is 0.235 e. The van der Waals surface area contributed by atoms with Crippen LogP contribution in [0.4, 0.5) is 0 Å². The first-order valence-corrected chi connectivity index (χ1v) is 7.50. The summed E-state index contributed by atoms with van der Waals surface area (Å²) >= 11 is 5.15. The van der Waals surface area contributed by atoms with Crippen LogP contribution < -0.4 is 5.73 Å². The first-order valence-electron chi connectivity index (χ1n) is 7.10. The summed E-state index contributed by atoms with van der Waals surface area (Å²) in [6, 6.07) is 0. The van der Waals surface area contributed by atoms with Crippen molar-refractivity contribution >= 4 is 23.1 Å². The number of ether oxygens (including phenoxy) is 1. The van der Waals surface area contributed by atoms with E-state index < -0.39 is 5.41 Å². The topological polar surface area (TPSA) is 55.6 Å². The van der Waals surface area contributed by atoms with E-state index in [2.05, 4.69) is 0 Å². The number of hydrogen-bond acceptors (Lipinski definition) is 3. The quantitative estimate of drug-likeness (QED) is 0.758. The standard InChI is InChI=1S/C14H26N2O2S/c1-4-14(5-2,12(15)19)13(17)16-8-6-11(7-9-16)10-18-3/h11H,4-10H2,1-3H3,(H2,15,19). The Labute approximate surface area is 121 Å². The van der Waals surface area contributed by atoms with Crippen molar-refractivity contribution in [1.82, 2.24) is 4.90 Å². The lowest BCUT2D eigenvalue weighted by Gasteiger charge is -2.39. The molecule has 0 bridgehead atoms. The molecule has 1 saturated heterocycles. The van der Waals surface area contributed by atoms with Gasteiger partial charge in [-0.3, -0.25) is 4.79 Å². The minimum absolute atomic E-state index is 0.112. The molecule has 0 aliphatic carbocycles. The zero-order valence-corrected chi connectivity index (χ0v) is 13.1. The van der Waals surface area contributed by atoms with Crippen LogP contribution in [-0.4, -0.2) is 42.6 Å². The van der Waals surface area contributed by atoms with Crippen molar-refractivity contribution in [3.8, 4) is 0 Å². The van der Waals surface area contributed by atoms with Crippen molar-refractivity contribution in [3.63, 3.8) is 0 Å². The van der Waals surface area contributed by atoms with Crippen LogP contribution in [0.25, 0.3) is 0 Å². The molecule has 0 aromatic heterocycles. The zero-order valence-electron chi connectivity index (χ0n) is 12.3. The average Bonchev–Trinajstić information content (AvgIpc) is 2.41. The van der Waals surface area contributed by atoms with Gasteiger partial charge in [-0.15, -0.1) is 0 Å². The molecule has 1 rings (SSSR count).